The SMILES string of the molecule is Cc1cccc(C(=O)Nc2ccc(NCCCCCO)nc2)c1. The molecule has 1 heterocycles. The van der Waals surface area contributed by atoms with Crippen LogP contribution in [0.25, 0.3) is 0 Å². The average Bonchev–Trinajstić information content (AvgIpc) is 2.56. The fourth-order valence-corrected chi connectivity index (χ4v) is 2.19. The molecule has 0 aliphatic carbocycles. The van der Waals surface area contributed by atoms with Gasteiger partial charge in [-0.2, -0.15) is 0 Å². The molecule has 1 aromatic heterocycles. The van der Waals surface area contributed by atoms with E-state index in [-0.39, 0.29) is 12.5 Å². The molecule has 5 heteroatoms. The second kappa shape index (κ2) is 8.90. The van der Waals surface area contributed by atoms with E-state index < -0.39 is 0 Å². The first-order valence-electron chi connectivity index (χ1n) is 7.88. The number of aryl methyl sites for hydroxylation is 1. The van der Waals surface area contributed by atoms with E-state index in [2.05, 4.69) is 15.6 Å². The van der Waals surface area contributed by atoms with E-state index in [1.807, 2.05) is 37.3 Å². The maximum absolute atomic E-state index is 12.1. The molecule has 0 spiro atoms. The largest absolute Gasteiger partial charge is 0.396 e. The molecule has 1 aromatic carbocycles. The molecule has 0 unspecified atom stereocenters. The van der Waals surface area contributed by atoms with Crippen molar-refractivity contribution in [2.45, 2.75) is 26.2 Å². The summed E-state index contributed by atoms with van der Waals surface area (Å²) in [5, 5.41) is 14.8. The van der Waals surface area contributed by atoms with E-state index in [1.54, 1.807) is 12.3 Å². The first-order chi connectivity index (χ1) is 11.2. The van der Waals surface area contributed by atoms with E-state index in [0.717, 1.165) is 37.2 Å². The average molecular weight is 313 g/mol. The van der Waals surface area contributed by atoms with Gasteiger partial charge in [0, 0.05) is 18.7 Å². The van der Waals surface area contributed by atoms with Gasteiger partial charge in [0.15, 0.2) is 0 Å². The van der Waals surface area contributed by atoms with Crippen LogP contribution in [0.1, 0.15) is 35.2 Å². The van der Waals surface area contributed by atoms with Gasteiger partial charge in [0.2, 0.25) is 0 Å². The number of aromatic nitrogens is 1. The zero-order valence-electron chi connectivity index (χ0n) is 13.4. The molecule has 0 aliphatic heterocycles. The lowest BCUT2D eigenvalue weighted by molar-refractivity contribution is 0.102. The van der Waals surface area contributed by atoms with Crippen LogP contribution in [0.3, 0.4) is 0 Å². The third kappa shape index (κ3) is 5.71. The maximum atomic E-state index is 12.1. The molecule has 0 fully saturated rings. The summed E-state index contributed by atoms with van der Waals surface area (Å²) in [6.07, 6.45) is 4.46. The molecular formula is C18H23N3O2. The van der Waals surface area contributed by atoms with Crippen molar-refractivity contribution in [2.24, 2.45) is 0 Å². The predicted molar refractivity (Wildman–Crippen MR) is 92.8 cm³/mol. The van der Waals surface area contributed by atoms with E-state index in [4.69, 9.17) is 5.11 Å². The number of carbonyl (C=O) groups is 1. The van der Waals surface area contributed by atoms with Crippen molar-refractivity contribution in [2.75, 3.05) is 23.8 Å². The van der Waals surface area contributed by atoms with Crippen LogP contribution in [0.5, 0.6) is 0 Å². The van der Waals surface area contributed by atoms with Gasteiger partial charge in [-0.3, -0.25) is 4.79 Å². The molecule has 0 radical (unpaired) electrons. The molecule has 0 aliphatic rings. The third-order valence-electron chi connectivity index (χ3n) is 3.44. The van der Waals surface area contributed by atoms with E-state index in [0.29, 0.717) is 11.3 Å². The number of hydrogen-bond donors (Lipinski definition) is 3. The number of nitrogens with one attached hydrogen (secondary N) is 2. The Morgan fingerprint density at radius 1 is 1.17 bits per heavy atom. The van der Waals surface area contributed by atoms with Crippen LogP contribution in [0, 0.1) is 6.92 Å². The highest BCUT2D eigenvalue weighted by Gasteiger charge is 2.06. The van der Waals surface area contributed by atoms with Crippen molar-refractivity contribution in [3.05, 3.63) is 53.7 Å². The summed E-state index contributed by atoms with van der Waals surface area (Å²) < 4.78 is 0. The number of carbonyl (C=O) groups excluding carboxylic acids is 1. The Hall–Kier alpha value is -2.40. The number of benzene rings is 1. The fourth-order valence-electron chi connectivity index (χ4n) is 2.19. The van der Waals surface area contributed by atoms with Gasteiger partial charge in [0.05, 0.1) is 11.9 Å². The van der Waals surface area contributed by atoms with Gasteiger partial charge >= 0.3 is 0 Å². The van der Waals surface area contributed by atoms with Gasteiger partial charge < -0.3 is 15.7 Å². The van der Waals surface area contributed by atoms with Crippen molar-refractivity contribution in [3.63, 3.8) is 0 Å². The van der Waals surface area contributed by atoms with E-state index in [1.165, 1.54) is 0 Å². The van der Waals surface area contributed by atoms with Crippen molar-refractivity contribution >= 4 is 17.4 Å². The first kappa shape index (κ1) is 17.0. The summed E-state index contributed by atoms with van der Waals surface area (Å²) in [5.41, 5.74) is 2.36. The molecule has 23 heavy (non-hydrogen) atoms. The van der Waals surface area contributed by atoms with Crippen molar-refractivity contribution in [1.82, 2.24) is 4.98 Å². The van der Waals surface area contributed by atoms with Gasteiger partial charge in [-0.1, -0.05) is 17.7 Å². The highest BCUT2D eigenvalue weighted by molar-refractivity contribution is 6.04. The number of amides is 1. The molecule has 0 atom stereocenters. The summed E-state index contributed by atoms with van der Waals surface area (Å²) in [6.45, 7) is 3.02. The number of nitrogens with zero attached hydrogens (tertiary/aromatic N) is 1. The number of aliphatic hydroxyl groups is 1. The normalized spacial score (nSPS) is 10.3. The molecular weight excluding hydrogens is 290 g/mol. The smallest absolute Gasteiger partial charge is 0.255 e. The zero-order chi connectivity index (χ0) is 16.5. The minimum atomic E-state index is -0.139. The van der Waals surface area contributed by atoms with Gasteiger partial charge in [0.1, 0.15) is 5.82 Å². The third-order valence-corrected chi connectivity index (χ3v) is 3.44. The molecule has 5 nitrogen and oxygen atoms in total. The Morgan fingerprint density at radius 3 is 2.74 bits per heavy atom. The van der Waals surface area contributed by atoms with Crippen LogP contribution < -0.4 is 10.6 Å². The molecule has 0 saturated carbocycles. The summed E-state index contributed by atoms with van der Waals surface area (Å²) in [7, 11) is 0. The van der Waals surface area contributed by atoms with Gasteiger partial charge in [-0.25, -0.2) is 4.98 Å². The molecule has 1 amide bonds. The second-order valence-electron chi connectivity index (χ2n) is 5.47. The van der Waals surface area contributed by atoms with Crippen LogP contribution in [0.15, 0.2) is 42.6 Å². The standard InChI is InChI=1S/C18H23N3O2/c1-14-6-5-7-15(12-14)18(23)21-16-8-9-17(20-13-16)19-10-3-2-4-11-22/h5-9,12-13,22H,2-4,10-11H2,1H3,(H,19,20)(H,21,23). The van der Waals surface area contributed by atoms with Crippen LogP contribution >= 0.6 is 0 Å². The van der Waals surface area contributed by atoms with Gasteiger partial charge in [0.25, 0.3) is 5.91 Å². The topological polar surface area (TPSA) is 74.2 Å². The minimum absolute atomic E-state index is 0.139. The number of rotatable bonds is 8. The van der Waals surface area contributed by atoms with E-state index in [9.17, 15) is 4.79 Å². The lowest BCUT2D eigenvalue weighted by atomic mass is 10.1. The minimum Gasteiger partial charge on any atom is -0.396 e. The zero-order valence-corrected chi connectivity index (χ0v) is 13.4. The summed E-state index contributed by atoms with van der Waals surface area (Å²) in [6, 6.07) is 11.1. The fraction of sp³-hybridized carbons (Fsp3) is 0.333. The Bertz CT molecular complexity index is 626. The van der Waals surface area contributed by atoms with Crippen LogP contribution in [-0.4, -0.2) is 29.1 Å². The maximum Gasteiger partial charge on any atom is 0.255 e. The van der Waals surface area contributed by atoms with Crippen LogP contribution in [-0.2, 0) is 0 Å². The van der Waals surface area contributed by atoms with Gasteiger partial charge in [-0.05, 0) is 50.5 Å². The molecule has 3 N–H and O–H groups in total. The van der Waals surface area contributed by atoms with E-state index >= 15 is 0 Å². The van der Waals surface area contributed by atoms with Crippen molar-refractivity contribution < 1.29 is 9.90 Å². The molecule has 2 rings (SSSR count). The molecule has 2 aromatic rings. The molecule has 0 bridgehead atoms. The summed E-state index contributed by atoms with van der Waals surface area (Å²) in [5.74, 6) is 0.641. The second-order valence-corrected chi connectivity index (χ2v) is 5.47. The first-order valence-corrected chi connectivity index (χ1v) is 7.88. The Morgan fingerprint density at radius 2 is 2.04 bits per heavy atom. The summed E-state index contributed by atoms with van der Waals surface area (Å²) in [4.78, 5) is 16.4. The molecule has 0 saturated heterocycles. The predicted octanol–water partition coefficient (Wildman–Crippen LogP) is 3.22. The lowest BCUT2D eigenvalue weighted by Gasteiger charge is -2.08. The monoisotopic (exact) mass is 313 g/mol. The Kier molecular flexibility index (Phi) is 6.56. The Balaban J connectivity index is 1.83. The van der Waals surface area contributed by atoms with Crippen LogP contribution in [0.4, 0.5) is 11.5 Å². The Labute approximate surface area is 136 Å². The highest BCUT2D eigenvalue weighted by Crippen LogP contribution is 2.12. The number of aliphatic hydroxyl groups excluding tert-OH is 1. The van der Waals surface area contributed by atoms with Gasteiger partial charge in [-0.15, -0.1) is 0 Å². The summed E-state index contributed by atoms with van der Waals surface area (Å²) >= 11 is 0. The quantitative estimate of drug-likeness (QED) is 0.654. The number of hydrogen-bond acceptors (Lipinski definition) is 4. The van der Waals surface area contributed by atoms with Crippen molar-refractivity contribution in [3.8, 4) is 0 Å². The number of anilines is 2. The van der Waals surface area contributed by atoms with Crippen LogP contribution in [0.2, 0.25) is 0 Å². The van der Waals surface area contributed by atoms with Crippen molar-refractivity contribution in [1.29, 1.82) is 0 Å². The number of pyridine rings is 1. The number of unbranched alkanes of at least 4 members (excludes halogenated alkanes) is 2. The lowest BCUT2D eigenvalue weighted by Crippen LogP contribution is -2.12. The molecule has 122 valence electrons. The highest BCUT2D eigenvalue weighted by atomic mass is 16.2.